The summed E-state index contributed by atoms with van der Waals surface area (Å²) in [6, 6.07) is 3.29. The second-order valence-electron chi connectivity index (χ2n) is 4.88. The minimum Gasteiger partial charge on any atom is -0.386 e. The van der Waals surface area contributed by atoms with Gasteiger partial charge in [0.1, 0.15) is 0 Å². The van der Waals surface area contributed by atoms with Crippen molar-refractivity contribution < 1.29 is 8.42 Å². The van der Waals surface area contributed by atoms with Crippen LogP contribution in [0.2, 0.25) is 0 Å². The van der Waals surface area contributed by atoms with E-state index >= 15 is 0 Å². The molecule has 0 bridgehead atoms. The third kappa shape index (κ3) is 4.47. The zero-order valence-electron chi connectivity index (χ0n) is 12.0. The summed E-state index contributed by atoms with van der Waals surface area (Å²) in [5.41, 5.74) is 0.505. The fraction of sp³-hybridized carbons (Fsp3) is 0.615. The van der Waals surface area contributed by atoms with Gasteiger partial charge in [0.05, 0.1) is 5.69 Å². The molecule has 1 heterocycles. The smallest absolute Gasteiger partial charge is 0.260 e. The molecule has 2 atom stereocenters. The molecule has 2 N–H and O–H groups in total. The third-order valence-electron chi connectivity index (χ3n) is 3.10. The lowest BCUT2D eigenvalue weighted by molar-refractivity contribution is 0.445. The van der Waals surface area contributed by atoms with Crippen LogP contribution in [-0.4, -0.2) is 26.5 Å². The van der Waals surface area contributed by atoms with Gasteiger partial charge in [0.15, 0.2) is 5.03 Å². The van der Waals surface area contributed by atoms with Gasteiger partial charge in [-0.2, -0.15) is 0 Å². The van der Waals surface area contributed by atoms with Crippen LogP contribution < -0.4 is 10.0 Å². The minimum atomic E-state index is -3.58. The molecule has 0 saturated heterocycles. The van der Waals surface area contributed by atoms with Gasteiger partial charge in [-0.05, 0) is 31.4 Å². The van der Waals surface area contributed by atoms with Gasteiger partial charge in [-0.15, -0.1) is 0 Å². The zero-order chi connectivity index (χ0) is 14.5. The number of aromatic nitrogens is 1. The Labute approximate surface area is 115 Å². The molecule has 108 valence electrons. The Kier molecular flexibility index (Phi) is 5.75. The van der Waals surface area contributed by atoms with Crippen molar-refractivity contribution in [3.8, 4) is 0 Å². The van der Waals surface area contributed by atoms with Crippen molar-refractivity contribution in [2.75, 3.05) is 12.4 Å². The van der Waals surface area contributed by atoms with E-state index in [0.29, 0.717) is 11.6 Å². The average Bonchev–Trinajstić information content (AvgIpc) is 2.37. The van der Waals surface area contributed by atoms with Crippen LogP contribution >= 0.6 is 0 Å². The van der Waals surface area contributed by atoms with Crippen LogP contribution in [0, 0.1) is 5.92 Å². The predicted molar refractivity (Wildman–Crippen MR) is 77.6 cm³/mol. The number of rotatable bonds is 7. The first-order chi connectivity index (χ1) is 8.90. The molecule has 19 heavy (non-hydrogen) atoms. The van der Waals surface area contributed by atoms with E-state index in [0.717, 1.165) is 12.8 Å². The lowest BCUT2D eigenvalue weighted by Crippen LogP contribution is -2.34. The molecule has 0 aliphatic rings. The van der Waals surface area contributed by atoms with E-state index in [9.17, 15) is 8.42 Å². The lowest BCUT2D eigenvalue weighted by Gasteiger charge is -2.18. The second-order valence-corrected chi connectivity index (χ2v) is 6.51. The fourth-order valence-corrected chi connectivity index (χ4v) is 3.33. The molecule has 0 aliphatic carbocycles. The van der Waals surface area contributed by atoms with E-state index in [4.69, 9.17) is 0 Å². The second kappa shape index (κ2) is 6.86. The van der Waals surface area contributed by atoms with Crippen LogP contribution in [0.5, 0.6) is 0 Å². The third-order valence-corrected chi connectivity index (χ3v) is 4.65. The van der Waals surface area contributed by atoms with Crippen molar-refractivity contribution in [1.29, 1.82) is 0 Å². The number of nitrogens with zero attached hydrogens (tertiary/aromatic N) is 1. The van der Waals surface area contributed by atoms with E-state index in [2.05, 4.69) is 28.9 Å². The average molecular weight is 285 g/mol. The van der Waals surface area contributed by atoms with Gasteiger partial charge in [0.2, 0.25) is 0 Å². The van der Waals surface area contributed by atoms with Crippen LogP contribution in [-0.2, 0) is 10.0 Å². The molecule has 1 aromatic rings. The van der Waals surface area contributed by atoms with Gasteiger partial charge in [0.25, 0.3) is 10.0 Å². The first-order valence-electron chi connectivity index (χ1n) is 6.55. The molecule has 0 saturated carbocycles. The van der Waals surface area contributed by atoms with E-state index in [1.54, 1.807) is 19.2 Å². The quantitative estimate of drug-likeness (QED) is 0.806. The molecule has 0 radical (unpaired) electrons. The van der Waals surface area contributed by atoms with Gasteiger partial charge in [-0.3, -0.25) is 0 Å². The molecule has 0 aliphatic heterocycles. The molecule has 0 aromatic carbocycles. The monoisotopic (exact) mass is 285 g/mol. The summed E-state index contributed by atoms with van der Waals surface area (Å²) >= 11 is 0. The van der Waals surface area contributed by atoms with E-state index in [1.807, 2.05) is 6.92 Å². The molecule has 0 amide bonds. The van der Waals surface area contributed by atoms with Gasteiger partial charge in [-0.1, -0.05) is 20.3 Å². The summed E-state index contributed by atoms with van der Waals surface area (Å²) in [6.07, 6.45) is 3.34. The summed E-state index contributed by atoms with van der Waals surface area (Å²) in [5, 5.41) is 2.89. The van der Waals surface area contributed by atoms with E-state index in [1.165, 1.54) is 6.20 Å². The highest BCUT2D eigenvalue weighted by molar-refractivity contribution is 7.89. The van der Waals surface area contributed by atoms with E-state index in [-0.39, 0.29) is 11.1 Å². The predicted octanol–water partition coefficient (Wildman–Crippen LogP) is 2.23. The highest BCUT2D eigenvalue weighted by Crippen LogP contribution is 2.18. The maximum Gasteiger partial charge on any atom is 0.260 e. The first-order valence-corrected chi connectivity index (χ1v) is 8.04. The normalized spacial score (nSPS) is 14.9. The molecule has 1 aromatic heterocycles. The lowest BCUT2D eigenvalue weighted by atomic mass is 10.0. The van der Waals surface area contributed by atoms with Gasteiger partial charge < -0.3 is 5.32 Å². The van der Waals surface area contributed by atoms with Crippen molar-refractivity contribution in [2.45, 2.75) is 44.7 Å². The summed E-state index contributed by atoms with van der Waals surface area (Å²) in [6.45, 7) is 6.10. The van der Waals surface area contributed by atoms with Gasteiger partial charge in [-0.25, -0.2) is 18.1 Å². The van der Waals surface area contributed by atoms with Crippen LogP contribution in [0.1, 0.15) is 33.6 Å². The highest BCUT2D eigenvalue weighted by atomic mass is 32.2. The number of nitrogens with one attached hydrogen (secondary N) is 2. The van der Waals surface area contributed by atoms with Crippen molar-refractivity contribution in [3.05, 3.63) is 18.3 Å². The summed E-state index contributed by atoms with van der Waals surface area (Å²) in [5.74, 6) is 0.491. The van der Waals surface area contributed by atoms with Crippen molar-refractivity contribution in [2.24, 2.45) is 5.92 Å². The topological polar surface area (TPSA) is 71.1 Å². The highest BCUT2D eigenvalue weighted by Gasteiger charge is 2.22. The Balaban J connectivity index is 2.86. The Bertz CT molecular complexity index is 502. The number of hydrogen-bond donors (Lipinski definition) is 2. The Hall–Kier alpha value is -1.14. The number of anilines is 1. The Morgan fingerprint density at radius 1 is 1.37 bits per heavy atom. The number of sulfonamides is 1. The minimum absolute atomic E-state index is 0.0495. The van der Waals surface area contributed by atoms with E-state index < -0.39 is 10.0 Å². The summed E-state index contributed by atoms with van der Waals surface area (Å²) in [4.78, 5) is 3.96. The first kappa shape index (κ1) is 15.9. The van der Waals surface area contributed by atoms with Crippen molar-refractivity contribution in [3.63, 3.8) is 0 Å². The largest absolute Gasteiger partial charge is 0.386 e. The molecule has 5 nitrogen and oxygen atoms in total. The Morgan fingerprint density at radius 3 is 2.63 bits per heavy atom. The molecular formula is C13H23N3O2S. The molecular weight excluding hydrogens is 262 g/mol. The molecule has 6 heteroatoms. The molecule has 1 rings (SSSR count). The SMILES string of the molecule is CCC(C)CC(C)NS(=O)(=O)c1ncccc1NC. The molecule has 2 unspecified atom stereocenters. The molecule has 0 spiro atoms. The maximum atomic E-state index is 12.3. The maximum absolute atomic E-state index is 12.3. The van der Waals surface area contributed by atoms with Gasteiger partial charge in [0, 0.05) is 19.3 Å². The zero-order valence-corrected chi connectivity index (χ0v) is 12.8. The van der Waals surface area contributed by atoms with Crippen LogP contribution in [0.25, 0.3) is 0 Å². The van der Waals surface area contributed by atoms with Crippen LogP contribution in [0.15, 0.2) is 23.4 Å². The Morgan fingerprint density at radius 2 is 2.05 bits per heavy atom. The van der Waals surface area contributed by atoms with Crippen LogP contribution in [0.3, 0.4) is 0 Å². The van der Waals surface area contributed by atoms with Crippen molar-refractivity contribution in [1.82, 2.24) is 9.71 Å². The van der Waals surface area contributed by atoms with Crippen LogP contribution in [0.4, 0.5) is 5.69 Å². The number of hydrogen-bond acceptors (Lipinski definition) is 4. The van der Waals surface area contributed by atoms with Crippen molar-refractivity contribution >= 4 is 15.7 Å². The summed E-state index contributed by atoms with van der Waals surface area (Å²) < 4.78 is 27.2. The number of pyridine rings is 1. The van der Waals surface area contributed by atoms with Gasteiger partial charge >= 0.3 is 0 Å². The summed E-state index contributed by atoms with van der Waals surface area (Å²) in [7, 11) is -1.90. The molecule has 0 fully saturated rings. The fourth-order valence-electron chi connectivity index (χ4n) is 1.93. The standard InChI is InChI=1S/C13H23N3O2S/c1-5-10(2)9-11(3)16-19(17,18)13-12(14-4)7-6-8-15-13/h6-8,10-11,14,16H,5,9H2,1-4H3.